The third kappa shape index (κ3) is 5.25. The quantitative estimate of drug-likeness (QED) is 0.264. The van der Waals surface area contributed by atoms with Crippen molar-refractivity contribution >= 4 is 24.6 Å². The van der Waals surface area contributed by atoms with Gasteiger partial charge < -0.3 is 47.2 Å². The van der Waals surface area contributed by atoms with Crippen molar-refractivity contribution in [3.8, 4) is 39.9 Å². The average Bonchev–Trinajstić information content (AvgIpc) is 3.61. The largest absolute Gasteiger partial charge is 0.524 e. The van der Waals surface area contributed by atoms with Gasteiger partial charge in [-0.2, -0.15) is 0 Å². The second-order valence-electron chi connectivity index (χ2n) is 9.83. The number of rotatable bonds is 9. The Morgan fingerprint density at radius 1 is 0.860 bits per heavy atom. The molecule has 14 nitrogen and oxygen atoms in total. The van der Waals surface area contributed by atoms with E-state index >= 15 is 0 Å². The van der Waals surface area contributed by atoms with Crippen molar-refractivity contribution in [1.82, 2.24) is 0 Å². The third-order valence-electron chi connectivity index (χ3n) is 7.54. The van der Waals surface area contributed by atoms with Crippen LogP contribution >= 0.6 is 7.82 Å². The maximum absolute atomic E-state index is 13.3. The van der Waals surface area contributed by atoms with E-state index in [2.05, 4.69) is 0 Å². The molecule has 0 aromatic heterocycles. The summed E-state index contributed by atoms with van der Waals surface area (Å²) >= 11 is 0. The molecule has 3 aliphatic heterocycles. The lowest BCUT2D eigenvalue weighted by molar-refractivity contribution is -0.258. The predicted octanol–water partition coefficient (Wildman–Crippen LogP) is 3.17. The van der Waals surface area contributed by atoms with Crippen molar-refractivity contribution in [3.05, 3.63) is 41.5 Å². The summed E-state index contributed by atoms with van der Waals surface area (Å²) in [5.74, 6) is 0.340. The van der Waals surface area contributed by atoms with E-state index in [1.54, 1.807) is 18.2 Å². The number of cyclic esters (lactones) is 1. The average molecular weight is 621 g/mol. The highest BCUT2D eigenvalue weighted by Crippen LogP contribution is 2.51. The first-order valence-corrected chi connectivity index (χ1v) is 14.6. The van der Waals surface area contributed by atoms with Gasteiger partial charge in [0, 0.05) is 37.8 Å². The Labute approximate surface area is 245 Å². The molecular formula is C28H29O14P. The van der Waals surface area contributed by atoms with Crippen LogP contribution in [0.15, 0.2) is 30.3 Å². The summed E-state index contributed by atoms with van der Waals surface area (Å²) in [5, 5.41) is 0.763. The van der Waals surface area contributed by atoms with Gasteiger partial charge in [0.05, 0.1) is 19.3 Å². The molecule has 0 spiro atoms. The molecular weight excluding hydrogens is 591 g/mol. The minimum atomic E-state index is -5.01. The van der Waals surface area contributed by atoms with Crippen LogP contribution in [0.1, 0.15) is 15.9 Å². The first-order valence-electron chi connectivity index (χ1n) is 13.1. The van der Waals surface area contributed by atoms with Crippen molar-refractivity contribution in [2.24, 2.45) is 0 Å². The number of phosphoric ester groups is 1. The van der Waals surface area contributed by atoms with Gasteiger partial charge in [-0.1, -0.05) is 6.07 Å². The van der Waals surface area contributed by atoms with E-state index in [4.69, 9.17) is 47.2 Å². The van der Waals surface area contributed by atoms with Crippen LogP contribution in [0.2, 0.25) is 0 Å². The lowest BCUT2D eigenvalue weighted by atomic mass is 9.89. The molecule has 6 rings (SSSR count). The zero-order valence-electron chi connectivity index (χ0n) is 23.6. The Hall–Kier alpha value is -3.62. The first-order chi connectivity index (χ1) is 20.7. The zero-order chi connectivity index (χ0) is 30.5. The van der Waals surface area contributed by atoms with Crippen LogP contribution in [-0.2, 0) is 34.9 Å². The molecule has 2 N–H and O–H groups in total. The summed E-state index contributed by atoms with van der Waals surface area (Å²) in [6, 6.07) is 8.03. The van der Waals surface area contributed by atoms with Crippen LogP contribution < -0.4 is 23.5 Å². The van der Waals surface area contributed by atoms with Crippen LogP contribution in [0.5, 0.6) is 28.7 Å². The highest BCUT2D eigenvalue weighted by Gasteiger charge is 2.44. The lowest BCUT2D eigenvalue weighted by Gasteiger charge is -2.40. The molecule has 1 saturated heterocycles. The summed E-state index contributed by atoms with van der Waals surface area (Å²) in [6.45, 7) is 0.0607. The van der Waals surface area contributed by atoms with Gasteiger partial charge in [0.2, 0.25) is 13.1 Å². The molecule has 1 fully saturated rings. The number of fused-ring (bicyclic) bond motifs is 3. The van der Waals surface area contributed by atoms with Gasteiger partial charge in [-0.15, -0.1) is 0 Å². The molecule has 3 aromatic rings. The van der Waals surface area contributed by atoms with Gasteiger partial charge in [0.25, 0.3) is 0 Å². The number of esters is 1. The second-order valence-corrected chi connectivity index (χ2v) is 11.0. The van der Waals surface area contributed by atoms with E-state index in [0.29, 0.717) is 39.0 Å². The Morgan fingerprint density at radius 3 is 2.30 bits per heavy atom. The Balaban J connectivity index is 1.60. The summed E-state index contributed by atoms with van der Waals surface area (Å²) in [7, 11) is 0.870. The van der Waals surface area contributed by atoms with Crippen LogP contribution in [0.4, 0.5) is 0 Å². The number of hydrogen-bond donors (Lipinski definition) is 2. The fraction of sp³-hybridized carbons (Fsp3) is 0.393. The molecule has 3 aliphatic rings. The smallest absolute Gasteiger partial charge is 0.493 e. The number of methoxy groups -OCH3 is 4. The van der Waals surface area contributed by atoms with E-state index in [9.17, 15) is 19.1 Å². The SMILES string of the molecule is COc1cc2c(OC3OCC(OC)C(OC)C3OC)c3c(c(-c4ccc5c(c4)OCO5)c2cc1OP(=O)(O)O)C(=O)OC3. The zero-order valence-corrected chi connectivity index (χ0v) is 24.5. The van der Waals surface area contributed by atoms with Crippen molar-refractivity contribution < 1.29 is 66.3 Å². The highest BCUT2D eigenvalue weighted by atomic mass is 31.2. The summed E-state index contributed by atoms with van der Waals surface area (Å²) in [6.07, 6.45) is -2.71. The molecule has 4 unspecified atom stereocenters. The second kappa shape index (κ2) is 11.5. The molecule has 3 heterocycles. The van der Waals surface area contributed by atoms with Crippen LogP contribution in [0.25, 0.3) is 21.9 Å². The third-order valence-corrected chi connectivity index (χ3v) is 7.97. The molecule has 230 valence electrons. The first kappa shape index (κ1) is 29.5. The van der Waals surface area contributed by atoms with E-state index in [1.807, 2.05) is 0 Å². The maximum Gasteiger partial charge on any atom is 0.524 e. The van der Waals surface area contributed by atoms with E-state index in [-0.39, 0.29) is 42.8 Å². The number of benzene rings is 3. The number of carbonyl (C=O) groups excluding carboxylic acids is 1. The molecule has 0 radical (unpaired) electrons. The van der Waals surface area contributed by atoms with E-state index < -0.39 is 38.4 Å². The minimum absolute atomic E-state index is 0.00423. The molecule has 3 aromatic carbocycles. The lowest BCUT2D eigenvalue weighted by Crippen LogP contribution is -2.57. The Morgan fingerprint density at radius 2 is 1.60 bits per heavy atom. The van der Waals surface area contributed by atoms with Gasteiger partial charge in [0.1, 0.15) is 30.7 Å². The number of hydrogen-bond acceptors (Lipinski definition) is 12. The Kier molecular flexibility index (Phi) is 7.86. The normalized spacial score (nSPS) is 22.8. The van der Waals surface area contributed by atoms with Gasteiger partial charge in [-0.25, -0.2) is 9.36 Å². The van der Waals surface area contributed by atoms with E-state index in [0.717, 1.165) is 0 Å². The van der Waals surface area contributed by atoms with Crippen molar-refractivity contribution in [2.75, 3.05) is 41.8 Å². The van der Waals surface area contributed by atoms with Gasteiger partial charge in [0.15, 0.2) is 23.0 Å². The van der Waals surface area contributed by atoms with Crippen LogP contribution in [-0.4, -0.2) is 82.2 Å². The molecule has 4 atom stereocenters. The molecule has 15 heteroatoms. The van der Waals surface area contributed by atoms with Crippen molar-refractivity contribution in [1.29, 1.82) is 0 Å². The fourth-order valence-electron chi connectivity index (χ4n) is 5.63. The summed E-state index contributed by atoms with van der Waals surface area (Å²) < 4.78 is 68.2. The van der Waals surface area contributed by atoms with Crippen LogP contribution in [0, 0.1) is 0 Å². The molecule has 0 aliphatic carbocycles. The fourth-order valence-corrected chi connectivity index (χ4v) is 6.03. The minimum Gasteiger partial charge on any atom is -0.493 e. The standard InChI is InChI=1S/C28H29O14P/c1-33-18-9-15-14(8-20(18)42-43(30,31)32)22(13-5-6-17-19(7-13)40-12-39-17)23-16(10-37-27(23)29)24(15)41-28-26(36-4)25(35-3)21(34-2)11-38-28/h5-9,21,25-26,28H,10-12H2,1-4H3,(H2,30,31,32). The number of ether oxygens (including phenoxy) is 9. The summed E-state index contributed by atoms with van der Waals surface area (Å²) in [5.41, 5.74) is 1.57. The topological polar surface area (TPSA) is 167 Å². The van der Waals surface area contributed by atoms with E-state index in [1.165, 1.54) is 40.6 Å². The van der Waals surface area contributed by atoms with Crippen molar-refractivity contribution in [2.45, 2.75) is 31.2 Å². The number of phosphoric acid groups is 1. The molecule has 0 bridgehead atoms. The maximum atomic E-state index is 13.3. The molecule has 0 amide bonds. The number of carbonyl (C=O) groups is 1. The van der Waals surface area contributed by atoms with Gasteiger partial charge in [-0.05, 0) is 35.2 Å². The monoisotopic (exact) mass is 620 g/mol. The molecule has 0 saturated carbocycles. The van der Waals surface area contributed by atoms with Crippen LogP contribution in [0.3, 0.4) is 0 Å². The predicted molar refractivity (Wildman–Crippen MR) is 147 cm³/mol. The van der Waals surface area contributed by atoms with Gasteiger partial charge >= 0.3 is 13.8 Å². The molecule has 43 heavy (non-hydrogen) atoms. The van der Waals surface area contributed by atoms with Gasteiger partial charge in [-0.3, -0.25) is 9.79 Å². The van der Waals surface area contributed by atoms with Crippen molar-refractivity contribution in [3.63, 3.8) is 0 Å². The Bertz CT molecular complexity index is 1620. The highest BCUT2D eigenvalue weighted by molar-refractivity contribution is 7.46. The summed E-state index contributed by atoms with van der Waals surface area (Å²) in [4.78, 5) is 32.6.